The molecule has 0 radical (unpaired) electrons. The van der Waals surface area contributed by atoms with Gasteiger partial charge < -0.3 is 15.7 Å². The maximum absolute atomic E-state index is 11.1. The van der Waals surface area contributed by atoms with E-state index in [0.29, 0.717) is 11.4 Å². The third-order valence-corrected chi connectivity index (χ3v) is 2.64. The summed E-state index contributed by atoms with van der Waals surface area (Å²) in [6.45, 7) is 1.44. The summed E-state index contributed by atoms with van der Waals surface area (Å²) in [5, 5.41) is 14.8. The van der Waals surface area contributed by atoms with Crippen molar-refractivity contribution < 1.29 is 14.7 Å². The third kappa shape index (κ3) is 3.35. The molecule has 0 atom stereocenters. The zero-order valence-corrected chi connectivity index (χ0v) is 10.9. The number of amides is 1. The first-order chi connectivity index (χ1) is 9.56. The van der Waals surface area contributed by atoms with Crippen molar-refractivity contribution in [3.8, 4) is 0 Å². The van der Waals surface area contributed by atoms with Crippen molar-refractivity contribution in [2.45, 2.75) is 6.92 Å². The van der Waals surface area contributed by atoms with E-state index in [9.17, 15) is 9.59 Å². The zero-order valence-electron chi connectivity index (χ0n) is 10.9. The van der Waals surface area contributed by atoms with Crippen LogP contribution in [0, 0.1) is 0 Å². The number of carboxylic acid groups (broad SMARTS) is 1. The number of hydrogen-bond donors (Lipinski definition) is 3. The van der Waals surface area contributed by atoms with E-state index in [1.54, 1.807) is 42.5 Å². The summed E-state index contributed by atoms with van der Waals surface area (Å²) in [6.07, 6.45) is 0. The van der Waals surface area contributed by atoms with E-state index in [4.69, 9.17) is 5.11 Å². The van der Waals surface area contributed by atoms with Crippen LogP contribution in [0.5, 0.6) is 0 Å². The first-order valence-electron chi connectivity index (χ1n) is 6.03. The standard InChI is InChI=1S/C15H14N2O3/c1-10(18)16-11-6-8-12(9-7-11)17-14-5-3-2-4-13(14)15(19)20/h2-9,17H,1H3,(H,16,18)(H,19,20). The van der Waals surface area contributed by atoms with E-state index in [1.165, 1.54) is 13.0 Å². The van der Waals surface area contributed by atoms with E-state index in [1.807, 2.05) is 0 Å². The van der Waals surface area contributed by atoms with Crippen LogP contribution in [-0.4, -0.2) is 17.0 Å². The molecule has 0 aromatic heterocycles. The molecule has 0 aliphatic carbocycles. The van der Waals surface area contributed by atoms with E-state index >= 15 is 0 Å². The Hall–Kier alpha value is -2.82. The Morgan fingerprint density at radius 2 is 1.55 bits per heavy atom. The maximum atomic E-state index is 11.1. The van der Waals surface area contributed by atoms with E-state index in [-0.39, 0.29) is 11.5 Å². The molecular weight excluding hydrogens is 256 g/mol. The fourth-order valence-corrected chi connectivity index (χ4v) is 1.77. The lowest BCUT2D eigenvalue weighted by Crippen LogP contribution is -2.05. The van der Waals surface area contributed by atoms with Gasteiger partial charge in [0.1, 0.15) is 0 Å². The topological polar surface area (TPSA) is 78.4 Å². The van der Waals surface area contributed by atoms with Crippen molar-refractivity contribution in [2.75, 3.05) is 10.6 Å². The van der Waals surface area contributed by atoms with Crippen LogP contribution in [0.25, 0.3) is 0 Å². The van der Waals surface area contributed by atoms with Gasteiger partial charge in [-0.2, -0.15) is 0 Å². The van der Waals surface area contributed by atoms with Crippen LogP contribution in [0.2, 0.25) is 0 Å². The molecule has 2 rings (SSSR count). The molecule has 5 heteroatoms. The Bertz CT molecular complexity index is 636. The molecule has 0 aliphatic rings. The Balaban J connectivity index is 2.18. The van der Waals surface area contributed by atoms with E-state index in [0.717, 1.165) is 5.69 Å². The Morgan fingerprint density at radius 1 is 0.950 bits per heavy atom. The molecule has 20 heavy (non-hydrogen) atoms. The zero-order chi connectivity index (χ0) is 14.5. The molecule has 0 fully saturated rings. The van der Waals surface area contributed by atoms with Crippen molar-refractivity contribution >= 4 is 28.9 Å². The number of nitrogens with one attached hydrogen (secondary N) is 2. The van der Waals surface area contributed by atoms with Gasteiger partial charge in [0.15, 0.2) is 0 Å². The number of carbonyl (C=O) groups is 2. The third-order valence-electron chi connectivity index (χ3n) is 2.64. The van der Waals surface area contributed by atoms with Crippen LogP contribution in [-0.2, 0) is 4.79 Å². The predicted octanol–water partition coefficient (Wildman–Crippen LogP) is 3.09. The van der Waals surface area contributed by atoms with E-state index < -0.39 is 5.97 Å². The number of carbonyl (C=O) groups excluding carboxylic acids is 1. The minimum absolute atomic E-state index is 0.137. The van der Waals surface area contributed by atoms with Gasteiger partial charge in [0.2, 0.25) is 5.91 Å². The van der Waals surface area contributed by atoms with Crippen molar-refractivity contribution in [3.63, 3.8) is 0 Å². The number of anilines is 3. The summed E-state index contributed by atoms with van der Waals surface area (Å²) in [7, 11) is 0. The molecule has 1 amide bonds. The summed E-state index contributed by atoms with van der Waals surface area (Å²) >= 11 is 0. The average molecular weight is 270 g/mol. The lowest BCUT2D eigenvalue weighted by Gasteiger charge is -2.10. The quantitative estimate of drug-likeness (QED) is 0.797. The molecule has 2 aromatic rings. The number of aromatic carboxylic acids is 1. The molecule has 0 bridgehead atoms. The minimum Gasteiger partial charge on any atom is -0.478 e. The molecule has 0 heterocycles. The van der Waals surface area contributed by atoms with Crippen LogP contribution in [0.1, 0.15) is 17.3 Å². The smallest absolute Gasteiger partial charge is 0.337 e. The van der Waals surface area contributed by atoms with Crippen molar-refractivity contribution in [1.29, 1.82) is 0 Å². The Kier molecular flexibility index (Phi) is 4.00. The fraction of sp³-hybridized carbons (Fsp3) is 0.0667. The van der Waals surface area contributed by atoms with Gasteiger partial charge in [0.05, 0.1) is 11.3 Å². The minimum atomic E-state index is -0.983. The SMILES string of the molecule is CC(=O)Nc1ccc(Nc2ccccc2C(=O)O)cc1. The van der Waals surface area contributed by atoms with Gasteiger partial charge in [-0.25, -0.2) is 4.79 Å². The molecule has 0 aliphatic heterocycles. The Labute approximate surface area is 116 Å². The highest BCUT2D eigenvalue weighted by atomic mass is 16.4. The number of hydrogen-bond acceptors (Lipinski definition) is 3. The predicted molar refractivity (Wildman–Crippen MR) is 77.4 cm³/mol. The summed E-state index contributed by atoms with van der Waals surface area (Å²) in [5.74, 6) is -1.12. The van der Waals surface area contributed by atoms with Gasteiger partial charge in [-0.3, -0.25) is 4.79 Å². The normalized spacial score (nSPS) is 9.85. The molecular formula is C15H14N2O3. The van der Waals surface area contributed by atoms with E-state index in [2.05, 4.69) is 10.6 Å². The monoisotopic (exact) mass is 270 g/mol. The average Bonchev–Trinajstić information content (AvgIpc) is 2.41. The second-order valence-corrected chi connectivity index (χ2v) is 4.23. The molecule has 0 saturated heterocycles. The Morgan fingerprint density at radius 3 is 2.15 bits per heavy atom. The molecule has 2 aromatic carbocycles. The highest BCUT2D eigenvalue weighted by Crippen LogP contribution is 2.22. The van der Waals surface area contributed by atoms with Crippen LogP contribution < -0.4 is 10.6 Å². The first kappa shape index (κ1) is 13.6. The fourth-order valence-electron chi connectivity index (χ4n) is 1.77. The lowest BCUT2D eigenvalue weighted by molar-refractivity contribution is -0.114. The maximum Gasteiger partial charge on any atom is 0.337 e. The van der Waals surface area contributed by atoms with Gasteiger partial charge in [0, 0.05) is 18.3 Å². The summed E-state index contributed by atoms with van der Waals surface area (Å²) in [5.41, 5.74) is 2.16. The number of rotatable bonds is 4. The van der Waals surface area contributed by atoms with Gasteiger partial charge in [-0.15, -0.1) is 0 Å². The van der Waals surface area contributed by atoms with Crippen LogP contribution in [0.4, 0.5) is 17.1 Å². The second-order valence-electron chi connectivity index (χ2n) is 4.23. The summed E-state index contributed by atoms with van der Waals surface area (Å²) in [6, 6.07) is 13.7. The molecule has 0 spiro atoms. The van der Waals surface area contributed by atoms with Crippen LogP contribution in [0.3, 0.4) is 0 Å². The highest BCUT2D eigenvalue weighted by molar-refractivity contribution is 5.95. The van der Waals surface area contributed by atoms with Crippen molar-refractivity contribution in [1.82, 2.24) is 0 Å². The summed E-state index contributed by atoms with van der Waals surface area (Å²) in [4.78, 5) is 22.0. The van der Waals surface area contributed by atoms with Crippen LogP contribution in [0.15, 0.2) is 48.5 Å². The van der Waals surface area contributed by atoms with Crippen molar-refractivity contribution in [3.05, 3.63) is 54.1 Å². The highest BCUT2D eigenvalue weighted by Gasteiger charge is 2.08. The molecule has 5 nitrogen and oxygen atoms in total. The van der Waals surface area contributed by atoms with Gasteiger partial charge in [-0.1, -0.05) is 12.1 Å². The number of benzene rings is 2. The summed E-state index contributed by atoms with van der Waals surface area (Å²) < 4.78 is 0. The van der Waals surface area contributed by atoms with Gasteiger partial charge >= 0.3 is 5.97 Å². The largest absolute Gasteiger partial charge is 0.478 e. The van der Waals surface area contributed by atoms with Crippen LogP contribution >= 0.6 is 0 Å². The molecule has 0 unspecified atom stereocenters. The molecule has 0 saturated carbocycles. The van der Waals surface area contributed by atoms with Crippen molar-refractivity contribution in [2.24, 2.45) is 0 Å². The van der Waals surface area contributed by atoms with Gasteiger partial charge in [-0.05, 0) is 36.4 Å². The van der Waals surface area contributed by atoms with Gasteiger partial charge in [0.25, 0.3) is 0 Å². The first-order valence-corrected chi connectivity index (χ1v) is 6.03. The second kappa shape index (κ2) is 5.88. The number of carboxylic acids is 1. The molecule has 3 N–H and O–H groups in total. The number of para-hydroxylation sites is 1. The lowest BCUT2D eigenvalue weighted by atomic mass is 10.1. The molecule has 102 valence electrons.